The summed E-state index contributed by atoms with van der Waals surface area (Å²) >= 11 is 0. The molecule has 0 bridgehead atoms. The lowest BCUT2D eigenvalue weighted by molar-refractivity contribution is 0.0597. The summed E-state index contributed by atoms with van der Waals surface area (Å²) in [7, 11) is 1.37. The number of ether oxygens (including phenoxy) is 2. The van der Waals surface area contributed by atoms with E-state index in [9.17, 15) is 4.79 Å². The summed E-state index contributed by atoms with van der Waals surface area (Å²) in [6.07, 6.45) is 5.51. The minimum atomic E-state index is -0.384. The molecule has 0 saturated carbocycles. The van der Waals surface area contributed by atoms with E-state index in [1.54, 1.807) is 6.08 Å². The lowest BCUT2D eigenvalue weighted by Crippen LogP contribution is -2.12. The van der Waals surface area contributed by atoms with Crippen LogP contribution < -0.4 is 4.74 Å². The van der Waals surface area contributed by atoms with Crippen molar-refractivity contribution >= 4 is 5.97 Å². The van der Waals surface area contributed by atoms with Gasteiger partial charge in [-0.05, 0) is 50.8 Å². The van der Waals surface area contributed by atoms with Gasteiger partial charge in [-0.1, -0.05) is 24.8 Å². The smallest absolute Gasteiger partial charge is 0.341 e. The molecule has 0 aliphatic rings. The van der Waals surface area contributed by atoms with Gasteiger partial charge in [0.25, 0.3) is 0 Å². The first-order valence-electron chi connectivity index (χ1n) is 8.80. The van der Waals surface area contributed by atoms with Crippen LogP contribution in [0.15, 0.2) is 36.9 Å². The second-order valence-corrected chi connectivity index (χ2v) is 6.13. The number of unbranched alkanes of at least 4 members (excludes halogenated alkanes) is 1. The average Bonchev–Trinajstić information content (AvgIpc) is 2.63. The van der Waals surface area contributed by atoms with Crippen molar-refractivity contribution in [3.8, 4) is 5.75 Å². The Balaban J connectivity index is 1.88. The van der Waals surface area contributed by atoms with Crippen molar-refractivity contribution in [3.05, 3.63) is 65.3 Å². The van der Waals surface area contributed by atoms with Gasteiger partial charge in [0.2, 0.25) is 0 Å². The van der Waals surface area contributed by atoms with E-state index in [0.717, 1.165) is 37.3 Å². The molecule has 0 radical (unpaired) electrons. The van der Waals surface area contributed by atoms with Crippen molar-refractivity contribution < 1.29 is 14.3 Å². The molecule has 0 spiro atoms. The molecule has 0 atom stereocenters. The van der Waals surface area contributed by atoms with Crippen LogP contribution in [0.5, 0.6) is 5.75 Å². The van der Waals surface area contributed by atoms with Crippen molar-refractivity contribution in [1.82, 2.24) is 9.97 Å². The molecule has 0 amide bonds. The van der Waals surface area contributed by atoms with Gasteiger partial charge in [-0.25, -0.2) is 14.8 Å². The van der Waals surface area contributed by atoms with E-state index in [1.165, 1.54) is 12.7 Å². The fourth-order valence-corrected chi connectivity index (χ4v) is 2.85. The topological polar surface area (TPSA) is 61.3 Å². The molecule has 1 aromatic heterocycles. The van der Waals surface area contributed by atoms with E-state index in [1.807, 2.05) is 26.0 Å². The van der Waals surface area contributed by atoms with Gasteiger partial charge in [0, 0.05) is 6.42 Å². The van der Waals surface area contributed by atoms with Crippen molar-refractivity contribution in [2.24, 2.45) is 0 Å². The Morgan fingerprint density at radius 1 is 1.15 bits per heavy atom. The second-order valence-electron chi connectivity index (χ2n) is 6.13. The number of aryl methyl sites for hydroxylation is 4. The van der Waals surface area contributed by atoms with Gasteiger partial charge in [-0.15, -0.1) is 0 Å². The summed E-state index contributed by atoms with van der Waals surface area (Å²) in [6.45, 7) is 7.81. The van der Waals surface area contributed by atoms with E-state index in [4.69, 9.17) is 9.47 Å². The van der Waals surface area contributed by atoms with Crippen LogP contribution in [-0.2, 0) is 17.6 Å². The summed E-state index contributed by atoms with van der Waals surface area (Å²) in [5, 5.41) is 0. The van der Waals surface area contributed by atoms with Crippen molar-refractivity contribution in [2.75, 3.05) is 13.7 Å². The van der Waals surface area contributed by atoms with E-state index >= 15 is 0 Å². The molecule has 0 unspecified atom stereocenters. The SMILES string of the molecule is C=CCOc1cccc(CCCCc2nc(C)c(C(=O)OC)c(C)n2)c1. The maximum atomic E-state index is 11.8. The molecule has 2 rings (SSSR count). The lowest BCUT2D eigenvalue weighted by Gasteiger charge is -2.09. The second kappa shape index (κ2) is 9.70. The molecular weight excluding hydrogens is 328 g/mol. The molecule has 26 heavy (non-hydrogen) atoms. The molecule has 0 aliphatic heterocycles. The van der Waals surface area contributed by atoms with Gasteiger partial charge in [-0.2, -0.15) is 0 Å². The number of carbonyl (C=O) groups is 1. The Hall–Kier alpha value is -2.69. The van der Waals surface area contributed by atoms with Crippen LogP contribution in [0.25, 0.3) is 0 Å². The Morgan fingerprint density at radius 3 is 2.50 bits per heavy atom. The Labute approximate surface area is 155 Å². The number of methoxy groups -OCH3 is 1. The normalized spacial score (nSPS) is 10.4. The Bertz CT molecular complexity index is 749. The summed E-state index contributed by atoms with van der Waals surface area (Å²) in [5.41, 5.74) is 3.06. The van der Waals surface area contributed by atoms with Gasteiger partial charge >= 0.3 is 5.97 Å². The summed E-state index contributed by atoms with van der Waals surface area (Å²) in [4.78, 5) is 20.7. The van der Waals surface area contributed by atoms with Crippen LogP contribution in [0, 0.1) is 13.8 Å². The van der Waals surface area contributed by atoms with E-state index in [0.29, 0.717) is 23.6 Å². The Kier molecular flexibility index (Phi) is 7.33. The van der Waals surface area contributed by atoms with Gasteiger partial charge in [0.05, 0.1) is 18.5 Å². The number of benzene rings is 1. The Morgan fingerprint density at radius 2 is 1.85 bits per heavy atom. The van der Waals surface area contributed by atoms with Crippen molar-refractivity contribution in [2.45, 2.75) is 39.5 Å². The van der Waals surface area contributed by atoms with Crippen LogP contribution in [0.3, 0.4) is 0 Å². The molecule has 1 aromatic carbocycles. The third-order valence-corrected chi connectivity index (χ3v) is 4.09. The molecular formula is C21H26N2O3. The number of nitrogens with zero attached hydrogens (tertiary/aromatic N) is 2. The number of carbonyl (C=O) groups excluding carboxylic acids is 1. The zero-order chi connectivity index (χ0) is 18.9. The molecule has 5 nitrogen and oxygen atoms in total. The maximum Gasteiger partial charge on any atom is 0.341 e. The third kappa shape index (κ3) is 5.41. The maximum absolute atomic E-state index is 11.8. The number of hydrogen-bond donors (Lipinski definition) is 0. The van der Waals surface area contributed by atoms with Crippen LogP contribution in [-0.4, -0.2) is 29.7 Å². The highest BCUT2D eigenvalue weighted by molar-refractivity contribution is 5.91. The molecule has 1 heterocycles. The van der Waals surface area contributed by atoms with Gasteiger partial charge in [0.15, 0.2) is 0 Å². The quantitative estimate of drug-likeness (QED) is 0.387. The van der Waals surface area contributed by atoms with Gasteiger partial charge in [0.1, 0.15) is 23.7 Å². The lowest BCUT2D eigenvalue weighted by atomic mass is 10.1. The largest absolute Gasteiger partial charge is 0.490 e. The summed E-state index contributed by atoms with van der Waals surface area (Å²) in [5.74, 6) is 1.26. The zero-order valence-corrected chi connectivity index (χ0v) is 15.7. The first-order valence-corrected chi connectivity index (χ1v) is 8.80. The van der Waals surface area contributed by atoms with Crippen molar-refractivity contribution in [1.29, 1.82) is 0 Å². The predicted molar refractivity (Wildman–Crippen MR) is 102 cm³/mol. The average molecular weight is 354 g/mol. The van der Waals surface area contributed by atoms with E-state index in [2.05, 4.69) is 28.7 Å². The number of rotatable bonds is 9. The highest BCUT2D eigenvalue weighted by Gasteiger charge is 2.16. The number of hydrogen-bond acceptors (Lipinski definition) is 5. The first kappa shape index (κ1) is 19.6. The summed E-state index contributed by atoms with van der Waals surface area (Å²) < 4.78 is 10.3. The van der Waals surface area contributed by atoms with Gasteiger partial charge < -0.3 is 9.47 Å². The monoisotopic (exact) mass is 354 g/mol. The molecule has 0 saturated heterocycles. The van der Waals surface area contributed by atoms with Crippen LogP contribution in [0.4, 0.5) is 0 Å². The summed E-state index contributed by atoms with van der Waals surface area (Å²) in [6, 6.07) is 8.14. The minimum Gasteiger partial charge on any atom is -0.490 e. The molecule has 0 aliphatic carbocycles. The number of aromatic nitrogens is 2. The highest BCUT2D eigenvalue weighted by Crippen LogP contribution is 2.16. The van der Waals surface area contributed by atoms with Crippen LogP contribution in [0.1, 0.15) is 46.0 Å². The molecule has 2 aromatic rings. The molecule has 0 fully saturated rings. The molecule has 5 heteroatoms. The van der Waals surface area contributed by atoms with Crippen LogP contribution >= 0.6 is 0 Å². The standard InChI is InChI=1S/C21H26N2O3/c1-5-13-26-18-11-8-10-17(14-18)9-6-7-12-19-22-15(2)20(16(3)23-19)21(24)25-4/h5,8,10-11,14H,1,6-7,9,12-13H2,2-4H3. The molecule has 138 valence electrons. The minimum absolute atomic E-state index is 0.384. The van der Waals surface area contributed by atoms with Gasteiger partial charge in [-0.3, -0.25) is 0 Å². The highest BCUT2D eigenvalue weighted by atomic mass is 16.5. The molecule has 0 N–H and O–H groups in total. The fraction of sp³-hybridized carbons (Fsp3) is 0.381. The third-order valence-electron chi connectivity index (χ3n) is 4.09. The number of esters is 1. The first-order chi connectivity index (χ1) is 12.5. The van der Waals surface area contributed by atoms with E-state index < -0.39 is 0 Å². The fourth-order valence-electron chi connectivity index (χ4n) is 2.85. The van der Waals surface area contributed by atoms with E-state index in [-0.39, 0.29) is 5.97 Å². The van der Waals surface area contributed by atoms with Crippen molar-refractivity contribution in [3.63, 3.8) is 0 Å². The predicted octanol–water partition coefficient (Wildman–Crippen LogP) is 4.01. The van der Waals surface area contributed by atoms with Crippen LogP contribution in [0.2, 0.25) is 0 Å². The zero-order valence-electron chi connectivity index (χ0n) is 15.7.